The Bertz CT molecular complexity index is 636. The van der Waals surface area contributed by atoms with Gasteiger partial charge in [0.2, 0.25) is 5.09 Å². The van der Waals surface area contributed by atoms with Crippen molar-refractivity contribution in [3.05, 3.63) is 17.4 Å². The van der Waals surface area contributed by atoms with E-state index in [1.165, 1.54) is 20.2 Å². The van der Waals surface area contributed by atoms with Gasteiger partial charge in [-0.05, 0) is 13.8 Å². The molecule has 118 valence electrons. The van der Waals surface area contributed by atoms with E-state index < -0.39 is 10.0 Å². The second-order valence-electron chi connectivity index (χ2n) is 5.37. The fourth-order valence-electron chi connectivity index (χ4n) is 2.27. The van der Waals surface area contributed by atoms with Crippen molar-refractivity contribution in [2.24, 2.45) is 0 Å². The van der Waals surface area contributed by atoms with Crippen LogP contribution >= 0.6 is 0 Å². The number of aryl methyl sites for hydroxylation is 1. The molecule has 1 N–H and O–H groups in total. The van der Waals surface area contributed by atoms with Crippen LogP contribution in [0.4, 0.5) is 0 Å². The van der Waals surface area contributed by atoms with Gasteiger partial charge in [0.05, 0.1) is 5.56 Å². The Morgan fingerprint density at radius 3 is 2.71 bits per heavy atom. The summed E-state index contributed by atoms with van der Waals surface area (Å²) >= 11 is 0. The third-order valence-electron chi connectivity index (χ3n) is 3.62. The van der Waals surface area contributed by atoms with E-state index in [0.29, 0.717) is 17.9 Å². The van der Waals surface area contributed by atoms with Crippen LogP contribution < -0.4 is 5.32 Å². The van der Waals surface area contributed by atoms with Crippen LogP contribution in [0.3, 0.4) is 0 Å². The molecule has 1 amide bonds. The maximum Gasteiger partial charge on any atom is 0.275 e. The summed E-state index contributed by atoms with van der Waals surface area (Å²) < 4.78 is 30.5. The van der Waals surface area contributed by atoms with Crippen LogP contribution in [-0.2, 0) is 10.0 Å². The highest BCUT2D eigenvalue weighted by Gasteiger charge is 2.30. The summed E-state index contributed by atoms with van der Waals surface area (Å²) in [6, 6.07) is 1.39. The Kier molecular flexibility index (Phi) is 4.40. The number of carbonyl (C=O) groups is 1. The summed E-state index contributed by atoms with van der Waals surface area (Å²) in [7, 11) is -0.825. The molecule has 2 rings (SSSR count). The fourth-order valence-corrected chi connectivity index (χ4v) is 3.13. The minimum absolute atomic E-state index is 0.0643. The molecule has 1 saturated heterocycles. The molecule has 1 aromatic heterocycles. The number of nitrogens with one attached hydrogen (secondary N) is 1. The van der Waals surface area contributed by atoms with E-state index in [2.05, 4.69) is 5.32 Å². The second-order valence-corrected chi connectivity index (χ2v) is 7.46. The average Bonchev–Trinajstić information content (AvgIpc) is 2.81. The van der Waals surface area contributed by atoms with Crippen molar-refractivity contribution in [3.8, 4) is 0 Å². The van der Waals surface area contributed by atoms with Gasteiger partial charge in [0.1, 0.15) is 5.76 Å². The van der Waals surface area contributed by atoms with Crippen LogP contribution in [0.25, 0.3) is 0 Å². The predicted molar refractivity (Wildman–Crippen MR) is 77.7 cm³/mol. The number of piperazine rings is 1. The molecule has 1 fully saturated rings. The lowest BCUT2D eigenvalue weighted by Crippen LogP contribution is -2.52. The Hall–Kier alpha value is -1.38. The zero-order chi connectivity index (χ0) is 15.8. The molecule has 1 aliphatic heterocycles. The van der Waals surface area contributed by atoms with Crippen LogP contribution in [0.1, 0.15) is 23.0 Å². The molecule has 1 atom stereocenters. The minimum Gasteiger partial charge on any atom is -0.448 e. The van der Waals surface area contributed by atoms with Gasteiger partial charge in [-0.15, -0.1) is 0 Å². The minimum atomic E-state index is -3.67. The standard InChI is InChI=1S/C13H21N3O4S/c1-9-8-14-5-6-16(9)13(17)11-7-12(20-10(11)2)21(18,19)15(3)4/h7,9,14H,5-6,8H2,1-4H3/t9-/m1/s1. The fraction of sp³-hybridized carbons (Fsp3) is 0.615. The summed E-state index contributed by atoms with van der Waals surface area (Å²) in [5, 5.41) is 3.01. The van der Waals surface area contributed by atoms with Crippen molar-refractivity contribution < 1.29 is 17.6 Å². The van der Waals surface area contributed by atoms with Crippen molar-refractivity contribution in [2.45, 2.75) is 25.0 Å². The number of sulfonamides is 1. The number of amides is 1. The second kappa shape index (κ2) is 5.78. The lowest BCUT2D eigenvalue weighted by molar-refractivity contribution is 0.0654. The molecule has 0 bridgehead atoms. The Labute approximate surface area is 124 Å². The summed E-state index contributed by atoms with van der Waals surface area (Å²) in [6.07, 6.45) is 0. The van der Waals surface area contributed by atoms with Crippen LogP contribution in [-0.4, -0.2) is 63.3 Å². The molecule has 8 heteroatoms. The van der Waals surface area contributed by atoms with Gasteiger partial charge in [-0.3, -0.25) is 4.79 Å². The van der Waals surface area contributed by atoms with E-state index in [1.807, 2.05) is 6.92 Å². The molecule has 2 heterocycles. The smallest absolute Gasteiger partial charge is 0.275 e. The van der Waals surface area contributed by atoms with E-state index in [1.54, 1.807) is 11.8 Å². The Balaban J connectivity index is 2.33. The molecule has 0 saturated carbocycles. The van der Waals surface area contributed by atoms with Gasteiger partial charge in [0.25, 0.3) is 15.9 Å². The zero-order valence-corrected chi connectivity index (χ0v) is 13.5. The van der Waals surface area contributed by atoms with Crippen molar-refractivity contribution in [2.75, 3.05) is 33.7 Å². The zero-order valence-electron chi connectivity index (χ0n) is 12.7. The summed E-state index contributed by atoms with van der Waals surface area (Å²) in [6.45, 7) is 5.62. The third-order valence-corrected chi connectivity index (χ3v) is 5.29. The molecular weight excluding hydrogens is 294 g/mol. The first kappa shape index (κ1) is 16.0. The van der Waals surface area contributed by atoms with Gasteiger partial charge in [0.15, 0.2) is 0 Å². The molecular formula is C13H21N3O4S. The van der Waals surface area contributed by atoms with Crippen LogP contribution in [0.15, 0.2) is 15.6 Å². The van der Waals surface area contributed by atoms with Crippen molar-refractivity contribution in [1.82, 2.24) is 14.5 Å². The highest BCUT2D eigenvalue weighted by molar-refractivity contribution is 7.88. The van der Waals surface area contributed by atoms with Crippen LogP contribution in [0.2, 0.25) is 0 Å². The van der Waals surface area contributed by atoms with E-state index in [0.717, 1.165) is 17.4 Å². The molecule has 1 aromatic rings. The Morgan fingerprint density at radius 1 is 1.48 bits per heavy atom. The quantitative estimate of drug-likeness (QED) is 0.866. The van der Waals surface area contributed by atoms with E-state index in [9.17, 15) is 13.2 Å². The SMILES string of the molecule is Cc1oc(S(=O)(=O)N(C)C)cc1C(=O)N1CCNC[C@H]1C. The Morgan fingerprint density at radius 2 is 2.14 bits per heavy atom. The molecule has 0 aliphatic carbocycles. The molecule has 7 nitrogen and oxygen atoms in total. The van der Waals surface area contributed by atoms with Crippen LogP contribution in [0, 0.1) is 6.92 Å². The monoisotopic (exact) mass is 315 g/mol. The van der Waals surface area contributed by atoms with Crippen molar-refractivity contribution in [1.29, 1.82) is 0 Å². The summed E-state index contributed by atoms with van der Waals surface area (Å²) in [4.78, 5) is 14.3. The first-order valence-electron chi connectivity index (χ1n) is 6.79. The lowest BCUT2D eigenvalue weighted by Gasteiger charge is -2.33. The third kappa shape index (κ3) is 2.97. The number of hydrogen-bond donors (Lipinski definition) is 1. The van der Waals surface area contributed by atoms with Crippen molar-refractivity contribution in [3.63, 3.8) is 0 Å². The number of furan rings is 1. The molecule has 0 aromatic carbocycles. The predicted octanol–water partition coefficient (Wildman–Crippen LogP) is 0.272. The maximum absolute atomic E-state index is 12.6. The van der Waals surface area contributed by atoms with E-state index >= 15 is 0 Å². The number of rotatable bonds is 3. The molecule has 0 spiro atoms. The van der Waals surface area contributed by atoms with Gasteiger partial charge < -0.3 is 14.6 Å². The van der Waals surface area contributed by atoms with Crippen molar-refractivity contribution >= 4 is 15.9 Å². The van der Waals surface area contributed by atoms with Crippen LogP contribution in [0.5, 0.6) is 0 Å². The van der Waals surface area contributed by atoms with Gasteiger partial charge in [-0.2, -0.15) is 0 Å². The molecule has 1 aliphatic rings. The van der Waals surface area contributed by atoms with E-state index in [4.69, 9.17) is 4.42 Å². The first-order valence-corrected chi connectivity index (χ1v) is 8.23. The largest absolute Gasteiger partial charge is 0.448 e. The summed E-state index contributed by atoms with van der Waals surface area (Å²) in [5.74, 6) is 0.136. The first-order chi connectivity index (χ1) is 9.75. The normalized spacial score (nSPS) is 20.0. The highest BCUT2D eigenvalue weighted by atomic mass is 32.2. The number of carbonyl (C=O) groups excluding carboxylic acids is 1. The molecule has 0 unspecified atom stereocenters. The highest BCUT2D eigenvalue weighted by Crippen LogP contribution is 2.23. The molecule has 0 radical (unpaired) electrons. The topological polar surface area (TPSA) is 82.9 Å². The summed E-state index contributed by atoms with van der Waals surface area (Å²) in [5.41, 5.74) is 0.309. The van der Waals surface area contributed by atoms with Gasteiger partial charge in [-0.25, -0.2) is 12.7 Å². The number of nitrogens with zero attached hydrogens (tertiary/aromatic N) is 2. The van der Waals surface area contributed by atoms with Gasteiger partial charge in [0, 0.05) is 45.8 Å². The van der Waals surface area contributed by atoms with Gasteiger partial charge >= 0.3 is 0 Å². The number of hydrogen-bond acceptors (Lipinski definition) is 5. The lowest BCUT2D eigenvalue weighted by atomic mass is 10.1. The maximum atomic E-state index is 12.6. The van der Waals surface area contributed by atoms with Gasteiger partial charge in [-0.1, -0.05) is 0 Å². The van der Waals surface area contributed by atoms with E-state index in [-0.39, 0.29) is 17.0 Å². The average molecular weight is 315 g/mol. The molecule has 21 heavy (non-hydrogen) atoms.